The number of halogens is 2. The number of carbonyl (C=O) groups is 2. The van der Waals surface area contributed by atoms with Crippen LogP contribution in [0.3, 0.4) is 0 Å². The standard InChI is InChI=1S/C21H16FIN2O3/c22-17-9-2-3-10-18(17)25-20(26)13-28-19-11-4-1-8-16(19)21(27)24-15-7-5-6-14(23)12-15/h1-12H,13H2,(H,24,27)(H,25,26). The zero-order valence-corrected chi connectivity index (χ0v) is 16.8. The number of rotatable bonds is 6. The van der Waals surface area contributed by atoms with Gasteiger partial charge in [0.15, 0.2) is 6.61 Å². The maximum absolute atomic E-state index is 13.6. The highest BCUT2D eigenvalue weighted by atomic mass is 127. The normalized spacial score (nSPS) is 10.2. The quantitative estimate of drug-likeness (QED) is 0.493. The topological polar surface area (TPSA) is 67.4 Å². The van der Waals surface area contributed by atoms with Crippen LogP contribution in [0.4, 0.5) is 15.8 Å². The summed E-state index contributed by atoms with van der Waals surface area (Å²) in [5.41, 5.74) is 1.02. The molecule has 142 valence electrons. The van der Waals surface area contributed by atoms with Crippen LogP contribution >= 0.6 is 22.6 Å². The molecule has 0 bridgehead atoms. The van der Waals surface area contributed by atoms with E-state index in [1.807, 2.05) is 18.2 Å². The zero-order chi connectivity index (χ0) is 19.9. The number of ether oxygens (including phenoxy) is 1. The Bertz CT molecular complexity index is 1010. The van der Waals surface area contributed by atoms with E-state index in [9.17, 15) is 14.0 Å². The van der Waals surface area contributed by atoms with Crippen molar-refractivity contribution in [3.8, 4) is 5.75 Å². The molecule has 5 nitrogen and oxygen atoms in total. The first kappa shape index (κ1) is 19.8. The van der Waals surface area contributed by atoms with E-state index in [0.29, 0.717) is 11.3 Å². The predicted molar refractivity (Wildman–Crippen MR) is 114 cm³/mol. The minimum absolute atomic E-state index is 0.0702. The molecular formula is C21H16FIN2O3. The lowest BCUT2D eigenvalue weighted by Gasteiger charge is -2.12. The number of anilines is 2. The largest absolute Gasteiger partial charge is 0.483 e. The summed E-state index contributed by atoms with van der Waals surface area (Å²) < 4.78 is 20.1. The number of carbonyl (C=O) groups excluding carboxylic acids is 2. The summed E-state index contributed by atoms with van der Waals surface area (Å²) in [6, 6.07) is 19.8. The lowest BCUT2D eigenvalue weighted by Crippen LogP contribution is -2.22. The molecule has 0 aliphatic rings. The molecule has 0 unspecified atom stereocenters. The molecule has 0 aromatic heterocycles. The Hall–Kier alpha value is -2.94. The molecule has 0 saturated carbocycles. The van der Waals surface area contributed by atoms with Gasteiger partial charge in [0.25, 0.3) is 11.8 Å². The summed E-state index contributed by atoms with van der Waals surface area (Å²) in [4.78, 5) is 24.6. The van der Waals surface area contributed by atoms with Crippen LogP contribution in [0.2, 0.25) is 0 Å². The van der Waals surface area contributed by atoms with Crippen molar-refractivity contribution in [1.29, 1.82) is 0 Å². The average Bonchev–Trinajstić information content (AvgIpc) is 2.68. The van der Waals surface area contributed by atoms with Gasteiger partial charge < -0.3 is 15.4 Å². The molecule has 2 amide bonds. The third kappa shape index (κ3) is 5.29. The fourth-order valence-electron chi connectivity index (χ4n) is 2.44. The van der Waals surface area contributed by atoms with E-state index in [0.717, 1.165) is 3.57 Å². The maximum atomic E-state index is 13.6. The average molecular weight is 490 g/mol. The van der Waals surface area contributed by atoms with E-state index in [-0.39, 0.29) is 24.0 Å². The SMILES string of the molecule is O=C(COc1ccccc1C(=O)Nc1cccc(I)c1)Nc1ccccc1F. The predicted octanol–water partition coefficient (Wildman–Crippen LogP) is 4.70. The van der Waals surface area contributed by atoms with Gasteiger partial charge in [-0.1, -0.05) is 30.3 Å². The van der Waals surface area contributed by atoms with Crippen molar-refractivity contribution in [2.75, 3.05) is 17.2 Å². The van der Waals surface area contributed by atoms with Crippen molar-refractivity contribution >= 4 is 45.8 Å². The molecule has 0 aliphatic carbocycles. The number of hydrogen-bond acceptors (Lipinski definition) is 3. The van der Waals surface area contributed by atoms with Gasteiger partial charge in [0, 0.05) is 9.26 Å². The minimum Gasteiger partial charge on any atom is -0.483 e. The molecule has 3 rings (SSSR count). The van der Waals surface area contributed by atoms with E-state index in [4.69, 9.17) is 4.74 Å². The summed E-state index contributed by atoms with van der Waals surface area (Å²) in [5, 5.41) is 5.24. The molecule has 0 heterocycles. The molecule has 3 aromatic rings. The summed E-state index contributed by atoms with van der Waals surface area (Å²) in [7, 11) is 0. The Morgan fingerprint density at radius 2 is 1.68 bits per heavy atom. The Morgan fingerprint density at radius 1 is 0.929 bits per heavy atom. The van der Waals surface area contributed by atoms with Crippen LogP contribution in [-0.4, -0.2) is 18.4 Å². The second-order valence-electron chi connectivity index (χ2n) is 5.78. The number of benzene rings is 3. The lowest BCUT2D eigenvalue weighted by atomic mass is 10.2. The molecule has 0 spiro atoms. The van der Waals surface area contributed by atoms with Crippen molar-refractivity contribution < 1.29 is 18.7 Å². The fourth-order valence-corrected chi connectivity index (χ4v) is 2.98. The van der Waals surface area contributed by atoms with Crippen LogP contribution in [0.15, 0.2) is 72.8 Å². The van der Waals surface area contributed by atoms with Gasteiger partial charge in [-0.25, -0.2) is 4.39 Å². The summed E-state index contributed by atoms with van der Waals surface area (Å²) in [6.45, 7) is -0.359. The van der Waals surface area contributed by atoms with Gasteiger partial charge in [0.05, 0.1) is 11.3 Å². The molecule has 2 N–H and O–H groups in total. The smallest absolute Gasteiger partial charge is 0.262 e. The van der Waals surface area contributed by atoms with Gasteiger partial charge in [-0.2, -0.15) is 0 Å². The fraction of sp³-hybridized carbons (Fsp3) is 0.0476. The molecule has 0 saturated heterocycles. The number of hydrogen-bond donors (Lipinski definition) is 2. The summed E-state index contributed by atoms with van der Waals surface area (Å²) in [6.07, 6.45) is 0. The highest BCUT2D eigenvalue weighted by molar-refractivity contribution is 14.1. The van der Waals surface area contributed by atoms with Gasteiger partial charge in [0.1, 0.15) is 11.6 Å². The van der Waals surface area contributed by atoms with Crippen molar-refractivity contribution in [3.63, 3.8) is 0 Å². The van der Waals surface area contributed by atoms with E-state index >= 15 is 0 Å². The zero-order valence-electron chi connectivity index (χ0n) is 14.6. The van der Waals surface area contributed by atoms with E-state index in [1.54, 1.807) is 36.4 Å². The molecule has 3 aromatic carbocycles. The third-order valence-corrected chi connectivity index (χ3v) is 4.39. The molecule has 28 heavy (non-hydrogen) atoms. The Labute approximate surface area is 175 Å². The molecule has 0 atom stereocenters. The molecule has 7 heteroatoms. The Morgan fingerprint density at radius 3 is 2.46 bits per heavy atom. The van der Waals surface area contributed by atoms with Gasteiger partial charge in [-0.3, -0.25) is 9.59 Å². The van der Waals surface area contributed by atoms with Crippen LogP contribution in [0.1, 0.15) is 10.4 Å². The molecular weight excluding hydrogens is 474 g/mol. The molecule has 0 radical (unpaired) electrons. The Balaban J connectivity index is 1.66. The number of amides is 2. The van der Waals surface area contributed by atoms with Crippen LogP contribution in [0.25, 0.3) is 0 Å². The monoisotopic (exact) mass is 490 g/mol. The van der Waals surface area contributed by atoms with Crippen LogP contribution < -0.4 is 15.4 Å². The highest BCUT2D eigenvalue weighted by Gasteiger charge is 2.14. The van der Waals surface area contributed by atoms with Crippen molar-refractivity contribution in [3.05, 3.63) is 87.7 Å². The highest BCUT2D eigenvalue weighted by Crippen LogP contribution is 2.21. The lowest BCUT2D eigenvalue weighted by molar-refractivity contribution is -0.118. The van der Waals surface area contributed by atoms with Gasteiger partial charge in [-0.15, -0.1) is 0 Å². The third-order valence-electron chi connectivity index (χ3n) is 3.72. The molecule has 0 aliphatic heterocycles. The second-order valence-corrected chi connectivity index (χ2v) is 7.02. The maximum Gasteiger partial charge on any atom is 0.262 e. The van der Waals surface area contributed by atoms with Crippen LogP contribution in [-0.2, 0) is 4.79 Å². The number of nitrogens with one attached hydrogen (secondary N) is 2. The van der Waals surface area contributed by atoms with Gasteiger partial charge >= 0.3 is 0 Å². The first-order valence-electron chi connectivity index (χ1n) is 8.36. The van der Waals surface area contributed by atoms with Crippen LogP contribution in [0, 0.1) is 9.39 Å². The van der Waals surface area contributed by atoms with Crippen molar-refractivity contribution in [1.82, 2.24) is 0 Å². The van der Waals surface area contributed by atoms with Crippen molar-refractivity contribution in [2.45, 2.75) is 0 Å². The number of para-hydroxylation sites is 2. The summed E-state index contributed by atoms with van der Waals surface area (Å²) >= 11 is 2.16. The van der Waals surface area contributed by atoms with Crippen molar-refractivity contribution in [2.24, 2.45) is 0 Å². The van der Waals surface area contributed by atoms with E-state index in [1.165, 1.54) is 18.2 Å². The van der Waals surface area contributed by atoms with Gasteiger partial charge in [-0.05, 0) is 65.1 Å². The van der Waals surface area contributed by atoms with E-state index in [2.05, 4.69) is 33.2 Å². The Kier molecular flexibility index (Phi) is 6.59. The molecule has 0 fully saturated rings. The minimum atomic E-state index is -0.534. The first-order chi connectivity index (χ1) is 13.5. The summed E-state index contributed by atoms with van der Waals surface area (Å²) in [5.74, 6) is -1.16. The van der Waals surface area contributed by atoms with E-state index < -0.39 is 11.7 Å². The van der Waals surface area contributed by atoms with Crippen LogP contribution in [0.5, 0.6) is 5.75 Å². The van der Waals surface area contributed by atoms with Gasteiger partial charge in [0.2, 0.25) is 0 Å². The first-order valence-corrected chi connectivity index (χ1v) is 9.44. The second kappa shape index (κ2) is 9.32.